The van der Waals surface area contributed by atoms with E-state index in [1.807, 2.05) is 43.9 Å². The third-order valence-corrected chi connectivity index (χ3v) is 5.88. The van der Waals surface area contributed by atoms with E-state index in [1.165, 1.54) is 13.1 Å². The number of carbonyl (C=O) groups excluding carboxylic acids is 1. The molecule has 3 rings (SSSR count). The van der Waals surface area contributed by atoms with Crippen LogP contribution in [0, 0.1) is 5.92 Å². The van der Waals surface area contributed by atoms with Gasteiger partial charge in [0.05, 0.1) is 19.1 Å². The second-order valence-corrected chi connectivity index (χ2v) is 8.08. The molecule has 1 saturated heterocycles. The van der Waals surface area contributed by atoms with E-state index in [0.717, 1.165) is 23.0 Å². The Morgan fingerprint density at radius 3 is 2.52 bits per heavy atom. The Labute approximate surface area is 193 Å². The van der Waals surface area contributed by atoms with Gasteiger partial charge < -0.3 is 19.7 Å². The molecule has 33 heavy (non-hydrogen) atoms. The molecule has 0 saturated carbocycles. The van der Waals surface area contributed by atoms with Gasteiger partial charge in [-0.3, -0.25) is 18.7 Å². The van der Waals surface area contributed by atoms with Crippen LogP contribution in [0.2, 0.25) is 0 Å². The molecule has 1 aliphatic heterocycles. The maximum atomic E-state index is 12.9. The van der Waals surface area contributed by atoms with E-state index < -0.39 is 0 Å². The second kappa shape index (κ2) is 11.1. The highest BCUT2D eigenvalue weighted by atomic mass is 16.5. The summed E-state index contributed by atoms with van der Waals surface area (Å²) in [6.45, 7) is 8.79. The first-order chi connectivity index (χ1) is 15.9. The molecule has 0 spiro atoms. The molecule has 1 atom stereocenters. The maximum Gasteiger partial charge on any atom is 0.332 e. The standard InChI is InChI=1S/C24H34N4O5/c1-5-28-21(14-22(29)26(4)24(28)31)27-12-8-9-18(16-27)23(30)25-15-17-10-11-19(32-6-2)20(13-17)33-7-3/h10-11,13-14,18H,5-9,12,15-16H2,1-4H3,(H,25,30)/t18-/m0/s1. The zero-order valence-electron chi connectivity index (χ0n) is 19.9. The minimum Gasteiger partial charge on any atom is -0.490 e. The van der Waals surface area contributed by atoms with E-state index in [2.05, 4.69) is 5.32 Å². The molecule has 9 nitrogen and oxygen atoms in total. The van der Waals surface area contributed by atoms with Crippen molar-refractivity contribution in [1.82, 2.24) is 14.5 Å². The van der Waals surface area contributed by atoms with Crippen LogP contribution in [0.25, 0.3) is 0 Å². The maximum absolute atomic E-state index is 12.9. The number of rotatable bonds is 9. The summed E-state index contributed by atoms with van der Waals surface area (Å²) in [5.41, 5.74) is 0.244. The van der Waals surface area contributed by atoms with Gasteiger partial charge in [-0.05, 0) is 51.3 Å². The Hall–Kier alpha value is -3.23. The Bertz CT molecular complexity index is 1090. The number of carbonyl (C=O) groups is 1. The number of aromatic nitrogens is 2. The van der Waals surface area contributed by atoms with Gasteiger partial charge in [0.25, 0.3) is 5.56 Å². The highest BCUT2D eigenvalue weighted by Gasteiger charge is 2.27. The number of amides is 1. The van der Waals surface area contributed by atoms with Crippen LogP contribution in [0.4, 0.5) is 5.82 Å². The van der Waals surface area contributed by atoms with Gasteiger partial charge in [0, 0.05) is 39.3 Å². The normalized spacial score (nSPS) is 15.9. The molecule has 1 aromatic heterocycles. The lowest BCUT2D eigenvalue weighted by Gasteiger charge is -2.34. The van der Waals surface area contributed by atoms with E-state index in [9.17, 15) is 14.4 Å². The molecule has 1 aliphatic rings. The molecule has 9 heteroatoms. The molecule has 1 amide bonds. The van der Waals surface area contributed by atoms with Crippen molar-refractivity contribution < 1.29 is 14.3 Å². The van der Waals surface area contributed by atoms with Crippen LogP contribution >= 0.6 is 0 Å². The average molecular weight is 459 g/mol. The number of nitrogens with one attached hydrogen (secondary N) is 1. The van der Waals surface area contributed by atoms with Crippen molar-refractivity contribution >= 4 is 11.7 Å². The average Bonchev–Trinajstić information content (AvgIpc) is 2.82. The van der Waals surface area contributed by atoms with Gasteiger partial charge in [0.15, 0.2) is 11.5 Å². The summed E-state index contributed by atoms with van der Waals surface area (Å²) in [7, 11) is 1.48. The van der Waals surface area contributed by atoms with Gasteiger partial charge >= 0.3 is 5.69 Å². The fourth-order valence-electron chi connectivity index (χ4n) is 4.16. The lowest BCUT2D eigenvalue weighted by Crippen LogP contribution is -2.47. The van der Waals surface area contributed by atoms with Crippen LogP contribution in [-0.2, 0) is 24.9 Å². The van der Waals surface area contributed by atoms with Crippen molar-refractivity contribution in [3.05, 3.63) is 50.7 Å². The fourth-order valence-corrected chi connectivity index (χ4v) is 4.16. The third kappa shape index (κ3) is 5.58. The fraction of sp³-hybridized carbons (Fsp3) is 0.542. The monoisotopic (exact) mass is 458 g/mol. The predicted octanol–water partition coefficient (Wildman–Crippen LogP) is 1.90. The number of anilines is 1. The molecular formula is C24H34N4O5. The van der Waals surface area contributed by atoms with Gasteiger partial charge in [-0.25, -0.2) is 4.79 Å². The molecule has 2 aromatic rings. The molecule has 1 N–H and O–H groups in total. The number of nitrogens with zero attached hydrogens (tertiary/aromatic N) is 3. The highest BCUT2D eigenvalue weighted by molar-refractivity contribution is 5.79. The van der Waals surface area contributed by atoms with Crippen molar-refractivity contribution in [2.24, 2.45) is 13.0 Å². The Balaban J connectivity index is 1.69. The molecule has 1 aromatic carbocycles. The SMILES string of the molecule is CCOc1ccc(CNC(=O)[C@H]2CCCN(c3cc(=O)n(C)c(=O)n3CC)C2)cc1OCC. The van der Waals surface area contributed by atoms with E-state index in [0.29, 0.717) is 56.7 Å². The summed E-state index contributed by atoms with van der Waals surface area (Å²) in [5, 5.41) is 3.03. The zero-order chi connectivity index (χ0) is 24.0. The van der Waals surface area contributed by atoms with E-state index in [4.69, 9.17) is 9.47 Å². The van der Waals surface area contributed by atoms with E-state index >= 15 is 0 Å². The molecule has 1 fully saturated rings. The van der Waals surface area contributed by atoms with Crippen molar-refractivity contribution in [1.29, 1.82) is 0 Å². The highest BCUT2D eigenvalue weighted by Crippen LogP contribution is 2.28. The Morgan fingerprint density at radius 1 is 1.09 bits per heavy atom. The van der Waals surface area contributed by atoms with Crippen molar-refractivity contribution in [2.45, 2.75) is 46.7 Å². The minimum atomic E-state index is -0.341. The third-order valence-electron chi connectivity index (χ3n) is 5.88. The summed E-state index contributed by atoms with van der Waals surface area (Å²) in [5.74, 6) is 1.67. The van der Waals surface area contributed by atoms with Crippen LogP contribution in [0.15, 0.2) is 33.9 Å². The van der Waals surface area contributed by atoms with E-state index in [-0.39, 0.29) is 23.1 Å². The van der Waals surface area contributed by atoms with Crippen molar-refractivity contribution in [3.8, 4) is 11.5 Å². The molecule has 180 valence electrons. The Morgan fingerprint density at radius 2 is 1.82 bits per heavy atom. The topological polar surface area (TPSA) is 94.8 Å². The van der Waals surface area contributed by atoms with Crippen LogP contribution in [0.3, 0.4) is 0 Å². The molecule has 0 radical (unpaired) electrons. The quantitative estimate of drug-likeness (QED) is 0.617. The smallest absolute Gasteiger partial charge is 0.332 e. The van der Waals surface area contributed by atoms with Crippen LogP contribution in [-0.4, -0.2) is 41.3 Å². The van der Waals surface area contributed by atoms with E-state index in [1.54, 1.807) is 4.57 Å². The minimum absolute atomic E-state index is 0.0410. The Kier molecular flexibility index (Phi) is 8.19. The summed E-state index contributed by atoms with van der Waals surface area (Å²) >= 11 is 0. The van der Waals surface area contributed by atoms with Crippen LogP contribution in [0.1, 0.15) is 39.2 Å². The first kappa shape index (κ1) is 24.4. The lowest BCUT2D eigenvalue weighted by molar-refractivity contribution is -0.125. The largest absolute Gasteiger partial charge is 0.490 e. The van der Waals surface area contributed by atoms with Gasteiger partial charge in [-0.1, -0.05) is 6.07 Å². The van der Waals surface area contributed by atoms with Crippen molar-refractivity contribution in [2.75, 3.05) is 31.2 Å². The molecule has 0 unspecified atom stereocenters. The van der Waals surface area contributed by atoms with Crippen LogP contribution in [0.5, 0.6) is 11.5 Å². The first-order valence-corrected chi connectivity index (χ1v) is 11.6. The van der Waals surface area contributed by atoms with Gasteiger partial charge in [-0.15, -0.1) is 0 Å². The summed E-state index contributed by atoms with van der Waals surface area (Å²) < 4.78 is 13.9. The predicted molar refractivity (Wildman–Crippen MR) is 127 cm³/mol. The number of hydrogen-bond acceptors (Lipinski definition) is 6. The van der Waals surface area contributed by atoms with Gasteiger partial charge in [0.2, 0.25) is 5.91 Å². The summed E-state index contributed by atoms with van der Waals surface area (Å²) in [6.07, 6.45) is 1.57. The number of piperidine rings is 1. The van der Waals surface area contributed by atoms with Gasteiger partial charge in [0.1, 0.15) is 5.82 Å². The van der Waals surface area contributed by atoms with Crippen molar-refractivity contribution in [3.63, 3.8) is 0 Å². The summed E-state index contributed by atoms with van der Waals surface area (Å²) in [6, 6.07) is 7.15. The number of benzene rings is 1. The molecule has 2 heterocycles. The zero-order valence-corrected chi connectivity index (χ0v) is 19.9. The van der Waals surface area contributed by atoms with Crippen LogP contribution < -0.4 is 30.9 Å². The first-order valence-electron chi connectivity index (χ1n) is 11.6. The second-order valence-electron chi connectivity index (χ2n) is 8.08. The van der Waals surface area contributed by atoms with Gasteiger partial charge in [-0.2, -0.15) is 0 Å². The number of hydrogen-bond donors (Lipinski definition) is 1. The molecular weight excluding hydrogens is 424 g/mol. The summed E-state index contributed by atoms with van der Waals surface area (Å²) in [4.78, 5) is 39.6. The molecule has 0 bridgehead atoms. The molecule has 0 aliphatic carbocycles. The number of ether oxygens (including phenoxy) is 2. The lowest BCUT2D eigenvalue weighted by atomic mass is 9.97.